The van der Waals surface area contributed by atoms with Crippen LogP contribution in [-0.4, -0.2) is 16.7 Å². The minimum Gasteiger partial charge on any atom is -0.337 e. The molecule has 4 nitrogen and oxygen atoms in total. The van der Waals surface area contributed by atoms with E-state index >= 15 is 0 Å². The average Bonchev–Trinajstić information content (AvgIpc) is 2.99. The molecule has 0 amide bonds. The van der Waals surface area contributed by atoms with Gasteiger partial charge in [-0.1, -0.05) is 5.16 Å². The van der Waals surface area contributed by atoms with Gasteiger partial charge < -0.3 is 9.84 Å². The van der Waals surface area contributed by atoms with Gasteiger partial charge in [-0.3, -0.25) is 0 Å². The molecule has 1 aromatic carbocycles. The lowest BCUT2D eigenvalue weighted by Gasteiger charge is -2.01. The van der Waals surface area contributed by atoms with Crippen molar-refractivity contribution < 1.29 is 13.3 Å². The summed E-state index contributed by atoms with van der Waals surface area (Å²) in [6.45, 7) is 0.914. The molecule has 1 aromatic heterocycles. The Morgan fingerprint density at radius 2 is 2.00 bits per heavy atom. The molecule has 0 aliphatic carbocycles. The van der Waals surface area contributed by atoms with Gasteiger partial charge >= 0.3 is 0 Å². The zero-order valence-corrected chi connectivity index (χ0v) is 9.49. The van der Waals surface area contributed by atoms with Crippen LogP contribution in [0.3, 0.4) is 0 Å². The highest BCUT2D eigenvalue weighted by Crippen LogP contribution is 2.24. The molecule has 1 aliphatic heterocycles. The van der Waals surface area contributed by atoms with Crippen LogP contribution in [0.2, 0.25) is 0 Å². The van der Waals surface area contributed by atoms with Gasteiger partial charge in [0.15, 0.2) is 0 Å². The van der Waals surface area contributed by atoms with Crippen molar-refractivity contribution >= 4 is 0 Å². The maximum Gasteiger partial charge on any atom is 0.244 e. The zero-order chi connectivity index (χ0) is 12.5. The highest BCUT2D eigenvalue weighted by atomic mass is 19.1. The lowest BCUT2D eigenvalue weighted by Crippen LogP contribution is -2.12. The van der Waals surface area contributed by atoms with Crippen molar-refractivity contribution in [3.63, 3.8) is 0 Å². The maximum atomic E-state index is 13.1. The van der Waals surface area contributed by atoms with Crippen LogP contribution < -0.4 is 5.32 Å². The molecule has 3 rings (SSSR count). The fourth-order valence-corrected chi connectivity index (χ4v) is 2.07. The third-order valence-electron chi connectivity index (χ3n) is 2.92. The first kappa shape index (κ1) is 11.3. The molecule has 1 unspecified atom stereocenters. The molecule has 6 heteroatoms. The summed E-state index contributed by atoms with van der Waals surface area (Å²) in [5, 5.41) is 6.97. The van der Waals surface area contributed by atoms with Crippen molar-refractivity contribution in [1.82, 2.24) is 15.5 Å². The van der Waals surface area contributed by atoms with Crippen molar-refractivity contribution in [3.8, 4) is 11.4 Å². The van der Waals surface area contributed by atoms with Crippen LogP contribution in [0.1, 0.15) is 24.8 Å². The van der Waals surface area contributed by atoms with Crippen LogP contribution in [0, 0.1) is 11.6 Å². The van der Waals surface area contributed by atoms with Crippen LogP contribution in [0.15, 0.2) is 22.7 Å². The van der Waals surface area contributed by atoms with E-state index in [1.165, 1.54) is 12.1 Å². The van der Waals surface area contributed by atoms with Crippen LogP contribution >= 0.6 is 0 Å². The van der Waals surface area contributed by atoms with E-state index in [1.807, 2.05) is 0 Å². The molecule has 94 valence electrons. The minimum atomic E-state index is -0.657. The summed E-state index contributed by atoms with van der Waals surface area (Å²) < 4.78 is 31.3. The van der Waals surface area contributed by atoms with Gasteiger partial charge in [0.1, 0.15) is 11.6 Å². The van der Waals surface area contributed by atoms with Gasteiger partial charge in [0.05, 0.1) is 6.04 Å². The van der Waals surface area contributed by atoms with Crippen molar-refractivity contribution in [1.29, 1.82) is 0 Å². The molecule has 1 N–H and O–H groups in total. The average molecular weight is 251 g/mol. The Labute approximate surface area is 102 Å². The molecule has 0 spiro atoms. The number of nitrogens with zero attached hydrogens (tertiary/aromatic N) is 2. The number of rotatable bonds is 2. The Hall–Kier alpha value is -1.82. The first-order valence-corrected chi connectivity index (χ1v) is 5.76. The van der Waals surface area contributed by atoms with Crippen LogP contribution in [0.5, 0.6) is 0 Å². The molecule has 0 bridgehead atoms. The third-order valence-corrected chi connectivity index (χ3v) is 2.92. The summed E-state index contributed by atoms with van der Waals surface area (Å²) in [5.74, 6) is -0.644. The zero-order valence-electron chi connectivity index (χ0n) is 9.49. The van der Waals surface area contributed by atoms with Crippen LogP contribution in [-0.2, 0) is 0 Å². The van der Waals surface area contributed by atoms with E-state index in [0.29, 0.717) is 5.89 Å². The molecule has 0 saturated carbocycles. The standard InChI is InChI=1S/C12H11F2N3O/c13-8-4-7(5-9(14)6-8)11-16-12(18-17-11)10-2-1-3-15-10/h4-6,10,15H,1-3H2. The molecule has 18 heavy (non-hydrogen) atoms. The fraction of sp³-hybridized carbons (Fsp3) is 0.333. The third kappa shape index (κ3) is 2.11. The largest absolute Gasteiger partial charge is 0.337 e. The first-order chi connectivity index (χ1) is 8.72. The monoisotopic (exact) mass is 251 g/mol. The number of aromatic nitrogens is 2. The van der Waals surface area contributed by atoms with Crippen LogP contribution in [0.25, 0.3) is 11.4 Å². The van der Waals surface area contributed by atoms with E-state index in [1.54, 1.807) is 0 Å². The predicted molar refractivity (Wildman–Crippen MR) is 59.6 cm³/mol. The maximum absolute atomic E-state index is 13.1. The second-order valence-electron chi connectivity index (χ2n) is 4.26. The molecular weight excluding hydrogens is 240 g/mol. The van der Waals surface area contributed by atoms with E-state index in [2.05, 4.69) is 15.5 Å². The number of benzene rings is 1. The van der Waals surface area contributed by atoms with Crippen LogP contribution in [0.4, 0.5) is 8.78 Å². The summed E-state index contributed by atoms with van der Waals surface area (Å²) >= 11 is 0. The Morgan fingerprint density at radius 3 is 2.67 bits per heavy atom. The summed E-state index contributed by atoms with van der Waals surface area (Å²) in [6, 6.07) is 3.22. The van der Waals surface area contributed by atoms with E-state index in [9.17, 15) is 8.78 Å². The second kappa shape index (κ2) is 4.45. The lowest BCUT2D eigenvalue weighted by atomic mass is 10.2. The van der Waals surface area contributed by atoms with Gasteiger partial charge in [-0.2, -0.15) is 4.98 Å². The van der Waals surface area contributed by atoms with Crippen molar-refractivity contribution in [3.05, 3.63) is 35.7 Å². The van der Waals surface area contributed by atoms with E-state index in [-0.39, 0.29) is 17.4 Å². The Kier molecular flexibility index (Phi) is 2.79. The molecule has 1 atom stereocenters. The summed E-state index contributed by atoms with van der Waals surface area (Å²) in [5.41, 5.74) is 0.278. The van der Waals surface area contributed by atoms with Gasteiger partial charge in [-0.15, -0.1) is 0 Å². The van der Waals surface area contributed by atoms with E-state index < -0.39 is 11.6 Å². The molecule has 1 saturated heterocycles. The molecule has 0 radical (unpaired) electrons. The van der Waals surface area contributed by atoms with Gasteiger partial charge in [0.25, 0.3) is 0 Å². The van der Waals surface area contributed by atoms with Gasteiger partial charge in [0.2, 0.25) is 11.7 Å². The lowest BCUT2D eigenvalue weighted by molar-refractivity contribution is 0.345. The highest BCUT2D eigenvalue weighted by molar-refractivity contribution is 5.54. The summed E-state index contributed by atoms with van der Waals surface area (Å²) in [7, 11) is 0. The van der Waals surface area contributed by atoms with Gasteiger partial charge in [-0.25, -0.2) is 8.78 Å². The predicted octanol–water partition coefficient (Wildman–Crippen LogP) is 2.44. The number of nitrogens with one attached hydrogen (secondary N) is 1. The summed E-state index contributed by atoms with van der Waals surface area (Å²) in [4.78, 5) is 4.17. The molecule has 2 aromatic rings. The first-order valence-electron chi connectivity index (χ1n) is 5.76. The number of hydrogen-bond acceptors (Lipinski definition) is 4. The van der Waals surface area contributed by atoms with Gasteiger partial charge in [-0.05, 0) is 31.5 Å². The van der Waals surface area contributed by atoms with E-state index in [4.69, 9.17) is 4.52 Å². The number of halogens is 2. The summed E-state index contributed by atoms with van der Waals surface area (Å²) in [6.07, 6.45) is 1.98. The Balaban J connectivity index is 1.92. The topological polar surface area (TPSA) is 51.0 Å². The normalized spacial score (nSPS) is 19.3. The fourth-order valence-electron chi connectivity index (χ4n) is 2.07. The highest BCUT2D eigenvalue weighted by Gasteiger charge is 2.22. The van der Waals surface area contributed by atoms with Crippen molar-refractivity contribution in [2.24, 2.45) is 0 Å². The Morgan fingerprint density at radius 1 is 1.22 bits per heavy atom. The molecule has 1 fully saturated rings. The van der Waals surface area contributed by atoms with Crippen molar-refractivity contribution in [2.75, 3.05) is 6.54 Å². The molecular formula is C12H11F2N3O. The van der Waals surface area contributed by atoms with Gasteiger partial charge in [0, 0.05) is 11.6 Å². The molecule has 1 aliphatic rings. The Bertz CT molecular complexity index is 544. The minimum absolute atomic E-state index is 0.0460. The van der Waals surface area contributed by atoms with E-state index in [0.717, 1.165) is 25.5 Å². The van der Waals surface area contributed by atoms with Crippen molar-refractivity contribution in [2.45, 2.75) is 18.9 Å². The SMILES string of the molecule is Fc1cc(F)cc(-c2noc(C3CCCN3)n2)c1. The molecule has 2 heterocycles. The second-order valence-corrected chi connectivity index (χ2v) is 4.26. The smallest absolute Gasteiger partial charge is 0.244 e. The quantitative estimate of drug-likeness (QED) is 0.890. The number of hydrogen-bond donors (Lipinski definition) is 1.